The van der Waals surface area contributed by atoms with Gasteiger partial charge >= 0.3 is 0 Å². The number of ether oxygens (including phenoxy) is 1. The highest BCUT2D eigenvalue weighted by Crippen LogP contribution is 2.54. The topological polar surface area (TPSA) is 89.6 Å². The van der Waals surface area contributed by atoms with E-state index in [-0.39, 0.29) is 17.1 Å². The highest BCUT2D eigenvalue weighted by Gasteiger charge is 2.33. The molecule has 0 aliphatic carbocycles. The van der Waals surface area contributed by atoms with Crippen LogP contribution in [0, 0.1) is 6.92 Å². The second-order valence-corrected chi connectivity index (χ2v) is 13.8. The van der Waals surface area contributed by atoms with Crippen LogP contribution in [-0.2, 0) is 8.92 Å². The van der Waals surface area contributed by atoms with E-state index >= 15 is 0 Å². The average Bonchev–Trinajstić information content (AvgIpc) is 3.14. The van der Waals surface area contributed by atoms with E-state index in [2.05, 4.69) is 54.7 Å². The molecule has 2 aromatic heterocycles. The second kappa shape index (κ2) is 9.30. The van der Waals surface area contributed by atoms with Crippen LogP contribution in [0.25, 0.3) is 11.0 Å². The zero-order valence-electron chi connectivity index (χ0n) is 19.3. The largest absolute Gasteiger partial charge is 0.366 e. The summed E-state index contributed by atoms with van der Waals surface area (Å²) in [6.45, 7) is 12.0. The molecular weight excluding hydrogens is 426 g/mol. The summed E-state index contributed by atoms with van der Waals surface area (Å²) in [4.78, 5) is 8.48. The molecule has 3 rings (SSSR count). The van der Waals surface area contributed by atoms with Crippen LogP contribution in [0.5, 0.6) is 0 Å². The Morgan fingerprint density at radius 2 is 1.80 bits per heavy atom. The molecule has 1 saturated heterocycles. The number of rotatable bonds is 4. The molecule has 0 saturated carbocycles. The average molecular weight is 462 g/mol. The first kappa shape index (κ1) is 25.4. The standard InChI is InChI=1S/C18H28ClN3O2S.C3H8O2/c1-12-9-14-16(19)20-11-21-17(14)22(12)15-8-7-13(24-15)10-23-25(5,6)18(2,3)4;1-3(2,4)5/h9,11,13,15H,7-8,10H2,1-6H3;4-5H,1-2H3. The van der Waals surface area contributed by atoms with Gasteiger partial charge in [0, 0.05) is 10.4 Å². The summed E-state index contributed by atoms with van der Waals surface area (Å²) in [6.07, 6.45) is 7.99. The highest BCUT2D eigenvalue weighted by atomic mass is 35.5. The maximum absolute atomic E-state index is 8.08. The van der Waals surface area contributed by atoms with E-state index in [1.165, 1.54) is 20.2 Å². The van der Waals surface area contributed by atoms with Crippen molar-refractivity contribution in [3.8, 4) is 0 Å². The summed E-state index contributed by atoms with van der Waals surface area (Å²) >= 11 is 6.20. The first-order chi connectivity index (χ1) is 13.6. The zero-order valence-corrected chi connectivity index (χ0v) is 20.8. The Balaban J connectivity index is 0.000000575. The number of aryl methyl sites for hydroxylation is 1. The molecular formula is C21H36ClN3O4S. The molecule has 0 spiro atoms. The van der Waals surface area contributed by atoms with Crippen molar-refractivity contribution in [3.05, 3.63) is 23.2 Å². The molecule has 0 bridgehead atoms. The van der Waals surface area contributed by atoms with Crippen LogP contribution in [0.3, 0.4) is 0 Å². The van der Waals surface area contributed by atoms with Gasteiger partial charge in [-0.1, -0.05) is 32.4 Å². The molecule has 30 heavy (non-hydrogen) atoms. The van der Waals surface area contributed by atoms with Gasteiger partial charge in [-0.15, -0.1) is 10.3 Å². The van der Waals surface area contributed by atoms with E-state index in [1.54, 1.807) is 0 Å². The molecule has 3 heterocycles. The van der Waals surface area contributed by atoms with Gasteiger partial charge in [0.2, 0.25) is 0 Å². The summed E-state index contributed by atoms with van der Waals surface area (Å²) in [6, 6.07) is 2.03. The maximum Gasteiger partial charge on any atom is 0.156 e. The van der Waals surface area contributed by atoms with Gasteiger partial charge in [0.15, 0.2) is 5.79 Å². The Morgan fingerprint density at radius 1 is 1.20 bits per heavy atom. The second-order valence-electron chi connectivity index (χ2n) is 9.47. The normalized spacial score (nSPS) is 20.9. The fraction of sp³-hybridized carbons (Fsp3) is 0.714. The Hall–Kier alpha value is -0.900. The molecule has 1 aliphatic rings. The predicted octanol–water partition coefficient (Wildman–Crippen LogP) is 4.57. The van der Waals surface area contributed by atoms with E-state index in [4.69, 9.17) is 30.7 Å². The van der Waals surface area contributed by atoms with E-state index < -0.39 is 16.1 Å². The third-order valence-electron chi connectivity index (χ3n) is 5.17. The molecule has 9 heteroatoms. The molecule has 2 N–H and O–H groups in total. The molecule has 0 amide bonds. The Bertz CT molecular complexity index is 852. The summed E-state index contributed by atoms with van der Waals surface area (Å²) in [5.41, 5.74) is 1.93. The van der Waals surface area contributed by atoms with Gasteiger partial charge in [-0.3, -0.25) is 0 Å². The van der Waals surface area contributed by atoms with Crippen LogP contribution in [0.1, 0.15) is 59.4 Å². The van der Waals surface area contributed by atoms with E-state index in [1.807, 2.05) is 6.07 Å². The molecule has 0 aromatic carbocycles. The summed E-state index contributed by atoms with van der Waals surface area (Å²) < 4.78 is 14.9. The van der Waals surface area contributed by atoms with Gasteiger partial charge in [-0.25, -0.2) is 9.97 Å². The Labute approximate surface area is 186 Å². The van der Waals surface area contributed by atoms with Gasteiger partial charge in [0.05, 0.1) is 18.1 Å². The third-order valence-corrected chi connectivity index (χ3v) is 9.15. The van der Waals surface area contributed by atoms with Crippen molar-refractivity contribution >= 4 is 32.9 Å². The van der Waals surface area contributed by atoms with Crippen molar-refractivity contribution in [3.63, 3.8) is 0 Å². The molecule has 1 fully saturated rings. The minimum Gasteiger partial charge on any atom is -0.366 e. The van der Waals surface area contributed by atoms with Crippen molar-refractivity contribution in [2.45, 2.75) is 77.3 Å². The smallest absolute Gasteiger partial charge is 0.156 e. The lowest BCUT2D eigenvalue weighted by Crippen LogP contribution is -2.28. The monoisotopic (exact) mass is 461 g/mol. The zero-order chi connectivity index (χ0) is 22.9. The Morgan fingerprint density at radius 3 is 2.37 bits per heavy atom. The minimum atomic E-state index is -1.50. The quantitative estimate of drug-likeness (QED) is 0.512. The lowest BCUT2D eigenvalue weighted by Gasteiger charge is -2.44. The van der Waals surface area contributed by atoms with Crippen LogP contribution in [0.2, 0.25) is 5.15 Å². The molecule has 1 aliphatic heterocycles. The van der Waals surface area contributed by atoms with Crippen molar-refractivity contribution in [1.82, 2.24) is 14.5 Å². The highest BCUT2D eigenvalue weighted by molar-refractivity contribution is 8.29. The first-order valence-electron chi connectivity index (χ1n) is 10.1. The minimum absolute atomic E-state index is 0.0233. The Kier molecular flexibility index (Phi) is 7.86. The summed E-state index contributed by atoms with van der Waals surface area (Å²) in [5.74, 6) is -1.50. The molecule has 2 atom stereocenters. The lowest BCUT2D eigenvalue weighted by molar-refractivity contribution is -0.127. The number of nitrogens with zero attached hydrogens (tertiary/aromatic N) is 3. The van der Waals surface area contributed by atoms with E-state index in [0.717, 1.165) is 29.6 Å². The maximum atomic E-state index is 8.08. The molecule has 0 radical (unpaired) electrons. The summed E-state index contributed by atoms with van der Waals surface area (Å²) in [7, 11) is -1.13. The van der Waals surface area contributed by atoms with Gasteiger partial charge in [-0.2, -0.15) is 0 Å². The molecule has 172 valence electrons. The lowest BCUT2D eigenvalue weighted by atomic mass is 10.2. The van der Waals surface area contributed by atoms with Crippen molar-refractivity contribution < 1.29 is 19.1 Å². The van der Waals surface area contributed by atoms with Crippen molar-refractivity contribution in [2.75, 3.05) is 19.1 Å². The van der Waals surface area contributed by atoms with Gasteiger partial charge in [-0.05, 0) is 52.2 Å². The van der Waals surface area contributed by atoms with Gasteiger partial charge in [0.25, 0.3) is 0 Å². The van der Waals surface area contributed by atoms with Crippen LogP contribution >= 0.6 is 21.9 Å². The number of aliphatic hydroxyl groups is 2. The van der Waals surface area contributed by atoms with Crippen LogP contribution in [0.15, 0.2) is 12.4 Å². The molecule has 2 unspecified atom stereocenters. The van der Waals surface area contributed by atoms with Gasteiger partial charge in [0.1, 0.15) is 23.4 Å². The SMILES string of the molecule is CC(C)(O)O.Cc1cc2c(Cl)ncnc2n1C1CCC(COS(C)(C)C(C)(C)C)O1. The van der Waals surface area contributed by atoms with Crippen LogP contribution < -0.4 is 0 Å². The third kappa shape index (κ3) is 6.55. The van der Waals surface area contributed by atoms with Crippen molar-refractivity contribution in [1.29, 1.82) is 0 Å². The fourth-order valence-electron chi connectivity index (χ4n) is 2.91. The number of hydrogen-bond acceptors (Lipinski definition) is 6. The van der Waals surface area contributed by atoms with E-state index in [9.17, 15) is 0 Å². The number of fused-ring (bicyclic) bond motifs is 1. The van der Waals surface area contributed by atoms with Gasteiger partial charge < -0.3 is 23.7 Å². The number of hydrogen-bond donors (Lipinski definition) is 2. The van der Waals surface area contributed by atoms with Crippen LogP contribution in [-0.4, -0.2) is 60.5 Å². The number of halogens is 1. The molecule has 2 aromatic rings. The van der Waals surface area contributed by atoms with E-state index in [0.29, 0.717) is 11.8 Å². The predicted molar refractivity (Wildman–Crippen MR) is 124 cm³/mol. The van der Waals surface area contributed by atoms with Crippen LogP contribution in [0.4, 0.5) is 0 Å². The first-order valence-corrected chi connectivity index (χ1v) is 12.8. The molecule has 7 nitrogen and oxygen atoms in total. The van der Waals surface area contributed by atoms with Crippen molar-refractivity contribution in [2.24, 2.45) is 0 Å². The fourth-order valence-corrected chi connectivity index (χ4v) is 3.94. The number of aromatic nitrogens is 3. The summed E-state index contributed by atoms with van der Waals surface area (Å²) in [5, 5.41) is 17.5.